The molecule has 0 amide bonds. The molecule has 8 aromatic carbocycles. The average molecular weight is 1240 g/mol. The number of aromatic nitrogens is 4. The van der Waals surface area contributed by atoms with Crippen LogP contribution in [0.1, 0.15) is 67.0 Å². The van der Waals surface area contributed by atoms with Crippen LogP contribution in [0.4, 0.5) is 0 Å². The van der Waals surface area contributed by atoms with Crippen molar-refractivity contribution < 1.29 is 0 Å². The maximum absolute atomic E-state index is 5.78. The Morgan fingerprint density at radius 1 is 0.216 bits per heavy atom. The van der Waals surface area contributed by atoms with E-state index in [4.69, 9.17) is 20.0 Å². The van der Waals surface area contributed by atoms with E-state index in [2.05, 4.69) is 359 Å². The maximum atomic E-state index is 5.78. The summed E-state index contributed by atoms with van der Waals surface area (Å²) in [5, 5.41) is 3.81. The number of rotatable bonds is 10. The van der Waals surface area contributed by atoms with Crippen LogP contribution < -0.4 is 21.4 Å². The quantitative estimate of drug-likeness (QED) is 0.137. The molecule has 0 atom stereocenters. The number of H-pyrrole nitrogens is 2. The van der Waals surface area contributed by atoms with Crippen LogP contribution in [0.15, 0.2) is 383 Å². The molecule has 0 fully saturated rings. The van der Waals surface area contributed by atoms with Gasteiger partial charge in [-0.1, -0.05) is 243 Å². The molecule has 10 heterocycles. The predicted molar refractivity (Wildman–Crippen MR) is 396 cm³/mol. The van der Waals surface area contributed by atoms with Crippen LogP contribution in [0, 0.1) is 0 Å². The van der Waals surface area contributed by atoms with Crippen molar-refractivity contribution >= 4 is 67.4 Å². The molecule has 6 aliphatic heterocycles. The number of allylic oxidation sites excluding steroid dienone is 8. The van der Waals surface area contributed by atoms with Crippen LogP contribution in [0.3, 0.4) is 0 Å². The van der Waals surface area contributed by atoms with Gasteiger partial charge in [-0.15, -0.1) is 0 Å². The van der Waals surface area contributed by atoms with Crippen molar-refractivity contribution in [3.8, 4) is 0 Å². The third kappa shape index (κ3) is 10.4. The minimum absolute atomic E-state index is 0.360. The Kier molecular flexibility index (Phi) is 14.1. The van der Waals surface area contributed by atoms with E-state index in [9.17, 15) is 0 Å². The Labute approximate surface area is 561 Å². The molecule has 18 rings (SSSR count). The van der Waals surface area contributed by atoms with Gasteiger partial charge in [0, 0.05) is 89.5 Å². The lowest BCUT2D eigenvalue weighted by molar-refractivity contribution is 0.603. The second-order valence-electron chi connectivity index (χ2n) is 24.7. The smallest absolute Gasteiger partial charge is 0.0989 e. The summed E-state index contributed by atoms with van der Waals surface area (Å²) in [4.78, 5) is 30.8. The Bertz CT molecular complexity index is 5490. The minimum Gasteiger partial charge on any atom is -0.354 e. The van der Waals surface area contributed by atoms with Crippen LogP contribution in [0.2, 0.25) is 0 Å². The molecule has 456 valence electrons. The van der Waals surface area contributed by atoms with Gasteiger partial charge in [0.1, 0.15) is 0 Å². The zero-order valence-electron chi connectivity index (χ0n) is 52.7. The molecule has 0 unspecified atom stereocenters. The normalized spacial score (nSPS) is 15.5. The topological polar surface area (TPSA) is 90.9 Å². The first-order valence-electron chi connectivity index (χ1n) is 32.9. The van der Waals surface area contributed by atoms with E-state index in [-0.39, 0.29) is 0 Å². The van der Waals surface area contributed by atoms with E-state index in [1.165, 1.54) is 0 Å². The summed E-state index contributed by atoms with van der Waals surface area (Å²) in [6.45, 7) is 0.360. The second kappa shape index (κ2) is 24.1. The third-order valence-electron chi connectivity index (χ3n) is 18.7. The number of benzene rings is 8. The molecule has 2 N–H and O–H groups in total. The van der Waals surface area contributed by atoms with Crippen molar-refractivity contribution in [3.63, 3.8) is 0 Å². The van der Waals surface area contributed by atoms with Gasteiger partial charge in [0.05, 0.1) is 63.7 Å². The first-order valence-corrected chi connectivity index (χ1v) is 32.9. The Balaban J connectivity index is 0.941. The largest absolute Gasteiger partial charge is 0.354 e. The first-order chi connectivity index (χ1) is 48.1. The molecular formula is C89H60N8. The highest BCUT2D eigenvalue weighted by atomic mass is 15.2. The fourth-order valence-corrected chi connectivity index (χ4v) is 14.4. The third-order valence-corrected chi connectivity index (χ3v) is 18.7. The van der Waals surface area contributed by atoms with Crippen molar-refractivity contribution in [2.24, 2.45) is 20.0 Å². The lowest BCUT2D eigenvalue weighted by Gasteiger charge is -2.18. The van der Waals surface area contributed by atoms with Gasteiger partial charge in [-0.2, -0.15) is 0 Å². The molecule has 0 saturated heterocycles. The maximum Gasteiger partial charge on any atom is 0.0989 e. The summed E-state index contributed by atoms with van der Waals surface area (Å²) in [6.07, 6.45) is 22.1. The van der Waals surface area contributed by atoms with Crippen LogP contribution in [-0.2, 0) is 6.67 Å². The zero-order valence-corrected chi connectivity index (χ0v) is 52.7. The fraction of sp³-hybridized carbons (Fsp3) is 0.0112. The SMILES string of the molecule is C1=CC2=C(c3ccccc3)c3cc(n(Cn4cc5cc4C(c4ccccc4)=C4C=CC(=N4)C(c4ccccc4)=c4ccc([nH]4)=C(c4ccccc4)C4=NC(=C5c5ccccc5)C=C4)c3)C(c3ccccc3)=C3C=CC(=N3)C(c3ccccc3)=c3ccc([nH]3)=C(c3ccccc3)C1=N2. The van der Waals surface area contributed by atoms with Gasteiger partial charge in [-0.3, -0.25) is 0 Å². The van der Waals surface area contributed by atoms with Gasteiger partial charge in [0.25, 0.3) is 0 Å². The van der Waals surface area contributed by atoms with Gasteiger partial charge in [-0.05, 0) is 130 Å². The van der Waals surface area contributed by atoms with E-state index in [0.717, 1.165) is 179 Å². The number of aromatic amines is 2. The molecule has 0 saturated carbocycles. The number of fused-ring (bicyclic) bond motifs is 12. The summed E-state index contributed by atoms with van der Waals surface area (Å²) in [7, 11) is 0. The van der Waals surface area contributed by atoms with Crippen LogP contribution in [-0.4, -0.2) is 41.9 Å². The van der Waals surface area contributed by atoms with Crippen LogP contribution >= 0.6 is 0 Å². The van der Waals surface area contributed by atoms with Crippen LogP contribution in [0.5, 0.6) is 0 Å². The molecule has 0 aliphatic carbocycles. The Morgan fingerprint density at radius 3 is 0.680 bits per heavy atom. The highest BCUT2D eigenvalue weighted by Gasteiger charge is 2.29. The highest BCUT2D eigenvalue weighted by molar-refractivity contribution is 6.33. The van der Waals surface area contributed by atoms with Crippen molar-refractivity contribution in [1.29, 1.82) is 0 Å². The van der Waals surface area contributed by atoms with Crippen molar-refractivity contribution in [3.05, 3.63) is 451 Å². The first kappa shape index (κ1) is 56.7. The van der Waals surface area contributed by atoms with Gasteiger partial charge in [0.2, 0.25) is 0 Å². The number of nitrogens with one attached hydrogen (secondary N) is 2. The van der Waals surface area contributed by atoms with Gasteiger partial charge < -0.3 is 19.1 Å². The molecule has 97 heavy (non-hydrogen) atoms. The Morgan fingerprint density at radius 2 is 0.433 bits per heavy atom. The highest BCUT2D eigenvalue weighted by Crippen LogP contribution is 2.42. The molecule has 0 spiro atoms. The van der Waals surface area contributed by atoms with Crippen molar-refractivity contribution in [2.75, 3.05) is 0 Å². The van der Waals surface area contributed by atoms with E-state index < -0.39 is 0 Å². The number of hydrogen-bond acceptors (Lipinski definition) is 4. The monoisotopic (exact) mass is 1240 g/mol. The molecule has 16 bridgehead atoms. The summed E-state index contributed by atoms with van der Waals surface area (Å²) in [5.74, 6) is 0. The fourth-order valence-electron chi connectivity index (χ4n) is 14.4. The Hall–Kier alpha value is -13.0. The van der Waals surface area contributed by atoms with E-state index >= 15 is 0 Å². The van der Waals surface area contributed by atoms with Crippen molar-refractivity contribution in [1.82, 2.24) is 19.1 Å². The predicted octanol–water partition coefficient (Wildman–Crippen LogP) is 15.8. The van der Waals surface area contributed by atoms with E-state index in [0.29, 0.717) is 6.67 Å². The average Bonchev–Trinajstić information content (AvgIpc) is 1.61. The zero-order chi connectivity index (χ0) is 64.2. The standard InChI is InChI=1S/C89H60N8/c1-9-25-58(26-10-1)82-66-53-80(88(64-37-21-7-22-38-64)78-51-49-76(94-78)86(62-33-17-5-18-34-62)74-47-45-72(92-74)84(60-29-13-3-14-30-60)70-43-41-68(82)90-70)96(55-66)57-97-56-67-54-81(97)89(65-39-23-8-24-40-65)79-52-50-77(95-79)87(63-35-19-6-20-36-63)75-48-46-73(93-75)85(61-31-15-4-16-32-61)71-44-42-69(91-71)83(67)59-27-11-2-12-28-59/h1-56,92-93H,57H2. The van der Waals surface area contributed by atoms with E-state index in [1.54, 1.807) is 0 Å². The molecule has 4 aromatic heterocycles. The lowest BCUT2D eigenvalue weighted by atomic mass is 9.96. The number of hydrogen-bond donors (Lipinski definition) is 2. The molecule has 8 nitrogen and oxygen atoms in total. The van der Waals surface area contributed by atoms with Gasteiger partial charge in [-0.25, -0.2) is 20.0 Å². The lowest BCUT2D eigenvalue weighted by Crippen LogP contribution is -2.21. The molecule has 12 aromatic rings. The van der Waals surface area contributed by atoms with Crippen molar-refractivity contribution in [2.45, 2.75) is 6.67 Å². The van der Waals surface area contributed by atoms with Gasteiger partial charge in [0.15, 0.2) is 0 Å². The number of nitrogens with zero attached hydrogens (tertiary/aromatic N) is 6. The summed E-state index contributed by atoms with van der Waals surface area (Å²) >= 11 is 0. The van der Waals surface area contributed by atoms with Gasteiger partial charge >= 0.3 is 0 Å². The van der Waals surface area contributed by atoms with Crippen LogP contribution in [0.25, 0.3) is 44.6 Å². The second-order valence-corrected chi connectivity index (χ2v) is 24.7. The summed E-state index contributed by atoms with van der Waals surface area (Å²) < 4.78 is 4.84. The summed E-state index contributed by atoms with van der Waals surface area (Å²) in [6, 6.07) is 98.8. The minimum atomic E-state index is 0.360. The number of aliphatic imine (C=N–C) groups is 4. The molecule has 0 radical (unpaired) electrons. The molecule has 8 heteroatoms. The molecule has 6 aliphatic rings. The van der Waals surface area contributed by atoms with E-state index in [1.807, 2.05) is 0 Å². The molecular weight excluding hydrogens is 1180 g/mol. The summed E-state index contributed by atoms with van der Waals surface area (Å²) in [5.41, 5.74) is 27.1.